The third-order valence-corrected chi connectivity index (χ3v) is 3.94. The smallest absolute Gasteiger partial charge is 0.269 e. The van der Waals surface area contributed by atoms with Crippen LogP contribution < -0.4 is 10.6 Å². The third-order valence-electron chi connectivity index (χ3n) is 3.94. The first-order chi connectivity index (χ1) is 10.1. The van der Waals surface area contributed by atoms with Crippen LogP contribution in [0.4, 0.5) is 5.69 Å². The van der Waals surface area contributed by atoms with Gasteiger partial charge in [-0.25, -0.2) is 0 Å². The molecular weight excluding hydrogens is 270 g/mol. The van der Waals surface area contributed by atoms with Crippen molar-refractivity contribution in [3.8, 4) is 0 Å². The molecule has 6 heteroatoms. The molecule has 114 valence electrons. The normalized spacial score (nSPS) is 19.8. The fourth-order valence-electron chi connectivity index (χ4n) is 2.65. The van der Waals surface area contributed by atoms with Crippen molar-refractivity contribution in [2.75, 3.05) is 13.1 Å². The Bertz CT molecular complexity index is 495. The van der Waals surface area contributed by atoms with E-state index < -0.39 is 4.92 Å². The molecule has 1 aromatic rings. The highest BCUT2D eigenvalue weighted by Gasteiger charge is 2.21. The van der Waals surface area contributed by atoms with Gasteiger partial charge in [-0.2, -0.15) is 0 Å². The standard InChI is InChI=1S/C15H21N3O3/c1-11(13-3-2-8-16-10-13)17-15(19)9-12-4-6-14(7-5-12)18(20)21/h4-7,11,13,16H,2-3,8-10H2,1H3,(H,17,19). The minimum Gasteiger partial charge on any atom is -0.353 e. The number of benzene rings is 1. The number of hydrogen-bond donors (Lipinski definition) is 2. The highest BCUT2D eigenvalue weighted by atomic mass is 16.6. The number of nitrogens with one attached hydrogen (secondary N) is 2. The van der Waals surface area contributed by atoms with Gasteiger partial charge in [0.05, 0.1) is 11.3 Å². The van der Waals surface area contributed by atoms with Crippen molar-refractivity contribution in [3.63, 3.8) is 0 Å². The van der Waals surface area contributed by atoms with E-state index >= 15 is 0 Å². The lowest BCUT2D eigenvalue weighted by molar-refractivity contribution is -0.384. The number of non-ortho nitro benzene ring substituents is 1. The Morgan fingerprint density at radius 2 is 2.19 bits per heavy atom. The maximum absolute atomic E-state index is 12.0. The van der Waals surface area contributed by atoms with Gasteiger partial charge in [0.1, 0.15) is 0 Å². The summed E-state index contributed by atoms with van der Waals surface area (Å²) in [4.78, 5) is 22.2. The molecule has 1 amide bonds. The average Bonchev–Trinajstić information content (AvgIpc) is 2.48. The van der Waals surface area contributed by atoms with Crippen LogP contribution in [-0.2, 0) is 11.2 Å². The topological polar surface area (TPSA) is 84.3 Å². The zero-order valence-corrected chi connectivity index (χ0v) is 12.2. The largest absolute Gasteiger partial charge is 0.353 e. The molecular formula is C15H21N3O3. The molecule has 1 aliphatic heterocycles. The minimum absolute atomic E-state index is 0.0399. The molecule has 1 aliphatic rings. The second-order valence-electron chi connectivity index (χ2n) is 5.56. The molecule has 0 bridgehead atoms. The van der Waals surface area contributed by atoms with Crippen LogP contribution in [0.3, 0.4) is 0 Å². The summed E-state index contributed by atoms with van der Waals surface area (Å²) >= 11 is 0. The molecule has 21 heavy (non-hydrogen) atoms. The number of nitrogens with zero attached hydrogens (tertiary/aromatic N) is 1. The maximum Gasteiger partial charge on any atom is 0.269 e. The molecule has 6 nitrogen and oxygen atoms in total. The number of hydrogen-bond acceptors (Lipinski definition) is 4. The molecule has 0 radical (unpaired) electrons. The van der Waals surface area contributed by atoms with Crippen molar-refractivity contribution >= 4 is 11.6 Å². The predicted molar refractivity (Wildman–Crippen MR) is 80.0 cm³/mol. The summed E-state index contributed by atoms with van der Waals surface area (Å²) in [6, 6.07) is 6.26. The van der Waals surface area contributed by atoms with Crippen LogP contribution in [0.2, 0.25) is 0 Å². The van der Waals surface area contributed by atoms with E-state index in [9.17, 15) is 14.9 Å². The summed E-state index contributed by atoms with van der Waals surface area (Å²) in [7, 11) is 0. The molecule has 2 atom stereocenters. The maximum atomic E-state index is 12.0. The minimum atomic E-state index is -0.442. The average molecular weight is 291 g/mol. The van der Waals surface area contributed by atoms with Crippen molar-refractivity contribution in [1.29, 1.82) is 0 Å². The van der Waals surface area contributed by atoms with Gasteiger partial charge >= 0.3 is 0 Å². The van der Waals surface area contributed by atoms with Gasteiger partial charge in [-0.15, -0.1) is 0 Å². The molecule has 0 aliphatic carbocycles. The van der Waals surface area contributed by atoms with E-state index in [0.29, 0.717) is 5.92 Å². The van der Waals surface area contributed by atoms with Gasteiger partial charge < -0.3 is 10.6 Å². The van der Waals surface area contributed by atoms with E-state index in [4.69, 9.17) is 0 Å². The van der Waals surface area contributed by atoms with Crippen molar-refractivity contribution in [2.45, 2.75) is 32.2 Å². The second-order valence-corrected chi connectivity index (χ2v) is 5.56. The summed E-state index contributed by atoms with van der Waals surface area (Å²) in [6.45, 7) is 4.03. The van der Waals surface area contributed by atoms with E-state index in [1.807, 2.05) is 6.92 Å². The first kappa shape index (κ1) is 15.4. The molecule has 1 fully saturated rings. The Morgan fingerprint density at radius 3 is 2.76 bits per heavy atom. The molecule has 2 unspecified atom stereocenters. The molecule has 0 saturated carbocycles. The lowest BCUT2D eigenvalue weighted by Gasteiger charge is -2.28. The zero-order chi connectivity index (χ0) is 15.2. The van der Waals surface area contributed by atoms with E-state index in [0.717, 1.165) is 31.5 Å². The number of nitro groups is 1. The highest BCUT2D eigenvalue weighted by Crippen LogP contribution is 2.15. The number of carbonyl (C=O) groups excluding carboxylic acids is 1. The Labute approximate surface area is 124 Å². The van der Waals surface area contributed by atoms with Gasteiger partial charge in [0.25, 0.3) is 5.69 Å². The number of carbonyl (C=O) groups is 1. The van der Waals surface area contributed by atoms with Crippen molar-refractivity contribution in [1.82, 2.24) is 10.6 Å². The van der Waals surface area contributed by atoms with E-state index in [2.05, 4.69) is 10.6 Å². The summed E-state index contributed by atoms with van der Waals surface area (Å²) < 4.78 is 0. The molecule has 2 rings (SSSR count). The van der Waals surface area contributed by atoms with Crippen LogP contribution in [0.25, 0.3) is 0 Å². The summed E-state index contributed by atoms with van der Waals surface area (Å²) in [6.07, 6.45) is 2.53. The SMILES string of the molecule is CC(NC(=O)Cc1ccc([N+](=O)[O-])cc1)C1CCCNC1. The first-order valence-corrected chi connectivity index (χ1v) is 7.29. The van der Waals surface area contributed by atoms with Gasteiger partial charge in [0, 0.05) is 18.2 Å². The molecule has 1 heterocycles. The van der Waals surface area contributed by atoms with E-state index in [1.54, 1.807) is 12.1 Å². The molecule has 1 aromatic carbocycles. The summed E-state index contributed by atoms with van der Waals surface area (Å²) in [5.41, 5.74) is 0.827. The van der Waals surface area contributed by atoms with Gasteiger partial charge in [0.2, 0.25) is 5.91 Å². The monoisotopic (exact) mass is 291 g/mol. The lowest BCUT2D eigenvalue weighted by Crippen LogP contribution is -2.45. The van der Waals surface area contributed by atoms with Crippen LogP contribution in [0, 0.1) is 16.0 Å². The third kappa shape index (κ3) is 4.53. The predicted octanol–water partition coefficient (Wildman–Crippen LogP) is 1.64. The van der Waals surface area contributed by atoms with Gasteiger partial charge in [0.15, 0.2) is 0 Å². The van der Waals surface area contributed by atoms with Gasteiger partial charge in [-0.05, 0) is 44.3 Å². The zero-order valence-electron chi connectivity index (χ0n) is 12.2. The van der Waals surface area contributed by atoms with Crippen LogP contribution >= 0.6 is 0 Å². The van der Waals surface area contributed by atoms with Crippen LogP contribution in [0.15, 0.2) is 24.3 Å². The van der Waals surface area contributed by atoms with Gasteiger partial charge in [-0.3, -0.25) is 14.9 Å². The molecule has 0 spiro atoms. The van der Waals surface area contributed by atoms with Crippen molar-refractivity contribution < 1.29 is 9.72 Å². The highest BCUT2D eigenvalue weighted by molar-refractivity contribution is 5.78. The number of amides is 1. The number of piperidine rings is 1. The van der Waals surface area contributed by atoms with Gasteiger partial charge in [-0.1, -0.05) is 12.1 Å². The van der Waals surface area contributed by atoms with Crippen LogP contribution in [-0.4, -0.2) is 30.0 Å². The Hall–Kier alpha value is -1.95. The van der Waals surface area contributed by atoms with Crippen molar-refractivity contribution in [3.05, 3.63) is 39.9 Å². The Morgan fingerprint density at radius 1 is 1.48 bits per heavy atom. The first-order valence-electron chi connectivity index (χ1n) is 7.29. The fourth-order valence-corrected chi connectivity index (χ4v) is 2.65. The second kappa shape index (κ2) is 7.17. The van der Waals surface area contributed by atoms with Crippen LogP contribution in [0.1, 0.15) is 25.3 Å². The summed E-state index contributed by atoms with van der Waals surface area (Å²) in [5.74, 6) is 0.432. The Kier molecular flexibility index (Phi) is 5.27. The molecule has 0 aromatic heterocycles. The Balaban J connectivity index is 1.84. The fraction of sp³-hybridized carbons (Fsp3) is 0.533. The van der Waals surface area contributed by atoms with E-state index in [-0.39, 0.29) is 24.1 Å². The molecule has 2 N–H and O–H groups in total. The lowest BCUT2D eigenvalue weighted by atomic mass is 9.92. The van der Waals surface area contributed by atoms with Crippen LogP contribution in [0.5, 0.6) is 0 Å². The summed E-state index contributed by atoms with van der Waals surface area (Å²) in [5, 5.41) is 16.9. The molecule has 1 saturated heterocycles. The number of rotatable bonds is 5. The van der Waals surface area contributed by atoms with E-state index in [1.165, 1.54) is 12.1 Å². The quantitative estimate of drug-likeness (QED) is 0.638. The van der Waals surface area contributed by atoms with Crippen molar-refractivity contribution in [2.24, 2.45) is 5.92 Å². The number of nitro benzene ring substituents is 1.